The largest absolute Gasteiger partial charge is 0.387 e. The molecule has 3 aromatic heterocycles. The van der Waals surface area contributed by atoms with Crippen LogP contribution in [0.2, 0.25) is 0 Å². The van der Waals surface area contributed by atoms with Crippen LogP contribution in [0.5, 0.6) is 0 Å². The minimum absolute atomic E-state index is 0.211. The zero-order valence-corrected chi connectivity index (χ0v) is 21.0. The number of nitrogens with zero attached hydrogens (tertiary/aromatic N) is 4. The first-order valence-corrected chi connectivity index (χ1v) is 13.3. The van der Waals surface area contributed by atoms with Crippen molar-refractivity contribution in [2.75, 3.05) is 5.32 Å². The first kappa shape index (κ1) is 22.9. The Hall–Kier alpha value is -3.50. The number of aliphatic hydroxyl groups excluding tert-OH is 1. The summed E-state index contributed by atoms with van der Waals surface area (Å²) in [7, 11) is -0.161. The molecule has 3 N–H and O–H groups in total. The molecule has 6 rings (SSSR count). The van der Waals surface area contributed by atoms with Gasteiger partial charge in [0.15, 0.2) is 16.0 Å². The first-order valence-electron chi connectivity index (χ1n) is 12.2. The number of anilines is 1. The molecule has 2 atom stereocenters. The molecule has 0 spiro atoms. The monoisotopic (exact) mass is 504 g/mol. The SMILES string of the molecule is Cc1cc2c(c(NC(=O)NS(=O)c3cc(C(O)C4CC4)n(C)n3)c1-c1ccn3nccc3c1)CCC2. The van der Waals surface area contributed by atoms with E-state index in [4.69, 9.17) is 0 Å². The third kappa shape index (κ3) is 4.10. The Bertz CT molecular complexity index is 1520. The summed E-state index contributed by atoms with van der Waals surface area (Å²) < 4.78 is 18.8. The van der Waals surface area contributed by atoms with Crippen LogP contribution in [-0.4, -0.2) is 34.7 Å². The van der Waals surface area contributed by atoms with Gasteiger partial charge in [-0.15, -0.1) is 0 Å². The normalized spacial score (nSPS) is 16.6. The minimum Gasteiger partial charge on any atom is -0.387 e. The van der Waals surface area contributed by atoms with Crippen LogP contribution < -0.4 is 10.0 Å². The lowest BCUT2D eigenvalue weighted by Gasteiger charge is -2.19. The highest BCUT2D eigenvalue weighted by Crippen LogP contribution is 2.41. The molecular formula is C26H28N6O3S. The molecule has 2 amide bonds. The number of nitrogens with one attached hydrogen (secondary N) is 2. The molecule has 3 heterocycles. The van der Waals surface area contributed by atoms with Crippen LogP contribution in [0.25, 0.3) is 16.6 Å². The molecule has 1 saturated carbocycles. The van der Waals surface area contributed by atoms with Crippen LogP contribution in [0.4, 0.5) is 10.5 Å². The number of carbonyl (C=O) groups excluding carboxylic acids is 1. The summed E-state index contributed by atoms with van der Waals surface area (Å²) in [6, 6.07) is 9.24. The number of hydrogen-bond donors (Lipinski definition) is 3. The fraction of sp³-hybridized carbons (Fsp3) is 0.346. The number of fused-ring (bicyclic) bond motifs is 2. The number of benzene rings is 1. The third-order valence-corrected chi connectivity index (χ3v) is 8.11. The molecule has 0 saturated heterocycles. The highest BCUT2D eigenvalue weighted by Gasteiger charge is 2.33. The molecule has 0 aliphatic heterocycles. The quantitative estimate of drug-likeness (QED) is 0.369. The molecule has 2 unspecified atom stereocenters. The predicted molar refractivity (Wildman–Crippen MR) is 137 cm³/mol. The van der Waals surface area contributed by atoms with Crippen molar-refractivity contribution in [3.63, 3.8) is 0 Å². The number of pyridine rings is 1. The van der Waals surface area contributed by atoms with Crippen LogP contribution in [-0.2, 0) is 30.9 Å². The van der Waals surface area contributed by atoms with Crippen LogP contribution in [0.3, 0.4) is 0 Å². The number of aryl methyl sites for hydroxylation is 3. The van der Waals surface area contributed by atoms with Gasteiger partial charge < -0.3 is 10.4 Å². The number of amides is 2. The van der Waals surface area contributed by atoms with E-state index in [0.29, 0.717) is 5.69 Å². The number of carbonyl (C=O) groups is 1. The minimum atomic E-state index is -1.87. The van der Waals surface area contributed by atoms with E-state index >= 15 is 0 Å². The van der Waals surface area contributed by atoms with Crippen molar-refractivity contribution in [3.05, 3.63) is 65.1 Å². The summed E-state index contributed by atoms with van der Waals surface area (Å²) in [6.45, 7) is 2.05. The van der Waals surface area contributed by atoms with Gasteiger partial charge in [0, 0.05) is 31.1 Å². The summed E-state index contributed by atoms with van der Waals surface area (Å²) in [5, 5.41) is 22.2. The van der Waals surface area contributed by atoms with E-state index in [1.165, 1.54) is 10.2 Å². The molecule has 10 heteroatoms. The van der Waals surface area contributed by atoms with Crippen molar-refractivity contribution in [2.45, 2.75) is 50.2 Å². The number of urea groups is 1. The number of aromatic nitrogens is 4. The van der Waals surface area contributed by atoms with E-state index in [-0.39, 0.29) is 10.9 Å². The first-order chi connectivity index (χ1) is 17.4. The van der Waals surface area contributed by atoms with E-state index in [1.54, 1.807) is 23.8 Å². The van der Waals surface area contributed by atoms with Gasteiger partial charge in [-0.2, -0.15) is 10.2 Å². The second-order valence-electron chi connectivity index (χ2n) is 9.69. The average molecular weight is 505 g/mol. The second kappa shape index (κ2) is 8.86. The maximum Gasteiger partial charge on any atom is 0.331 e. The molecule has 9 nitrogen and oxygen atoms in total. The smallest absolute Gasteiger partial charge is 0.331 e. The van der Waals surface area contributed by atoms with Gasteiger partial charge in [-0.3, -0.25) is 9.40 Å². The maximum absolute atomic E-state index is 13.1. The van der Waals surface area contributed by atoms with Crippen molar-refractivity contribution in [1.29, 1.82) is 0 Å². The Kier molecular flexibility index (Phi) is 5.65. The molecule has 1 aromatic carbocycles. The van der Waals surface area contributed by atoms with Crippen LogP contribution in [0, 0.1) is 12.8 Å². The van der Waals surface area contributed by atoms with Crippen molar-refractivity contribution in [1.82, 2.24) is 24.1 Å². The van der Waals surface area contributed by atoms with Gasteiger partial charge in [0.2, 0.25) is 0 Å². The summed E-state index contributed by atoms with van der Waals surface area (Å²) in [5.41, 5.74) is 7.69. The second-order valence-corrected chi connectivity index (χ2v) is 10.8. The molecule has 186 valence electrons. The molecular weight excluding hydrogens is 476 g/mol. The van der Waals surface area contributed by atoms with Crippen LogP contribution >= 0.6 is 0 Å². The number of hydrogen-bond acceptors (Lipinski definition) is 5. The standard InChI is InChI=1S/C26H28N6O3S/c1-15-12-17-4-3-5-20(17)24(23(15)18-9-11-32-19(13-18)8-10-27-32)28-26(34)30-36(35)22-14-21(31(2)29-22)25(33)16-6-7-16/h8-14,16,25,33H,3-7H2,1-2H3,(H2,28,30,34). The fourth-order valence-corrected chi connectivity index (χ4v) is 5.98. The zero-order valence-electron chi connectivity index (χ0n) is 20.2. The number of aliphatic hydroxyl groups is 1. The maximum atomic E-state index is 13.1. The molecule has 0 radical (unpaired) electrons. The molecule has 2 aliphatic carbocycles. The van der Waals surface area contributed by atoms with E-state index in [1.807, 2.05) is 18.3 Å². The van der Waals surface area contributed by atoms with Gasteiger partial charge in [0.25, 0.3) is 0 Å². The highest BCUT2D eigenvalue weighted by molar-refractivity contribution is 7.83. The Morgan fingerprint density at radius 3 is 2.86 bits per heavy atom. The topological polar surface area (TPSA) is 114 Å². The van der Waals surface area contributed by atoms with Crippen LogP contribution in [0.15, 0.2) is 47.8 Å². The zero-order chi connectivity index (χ0) is 25.0. The van der Waals surface area contributed by atoms with Crippen LogP contribution in [0.1, 0.15) is 47.8 Å². The molecule has 36 heavy (non-hydrogen) atoms. The molecule has 4 aromatic rings. The molecule has 2 aliphatic rings. The van der Waals surface area contributed by atoms with Gasteiger partial charge >= 0.3 is 6.03 Å². The third-order valence-electron chi connectivity index (χ3n) is 7.16. The van der Waals surface area contributed by atoms with E-state index in [2.05, 4.69) is 39.3 Å². The van der Waals surface area contributed by atoms with E-state index < -0.39 is 23.1 Å². The lowest BCUT2D eigenvalue weighted by molar-refractivity contribution is 0.144. The average Bonchev–Trinajstić information content (AvgIpc) is 3.22. The Balaban J connectivity index is 1.29. The molecule has 1 fully saturated rings. The number of rotatable bonds is 6. The van der Waals surface area contributed by atoms with E-state index in [9.17, 15) is 14.1 Å². The van der Waals surface area contributed by atoms with Crippen molar-refractivity contribution >= 4 is 28.2 Å². The van der Waals surface area contributed by atoms with Crippen molar-refractivity contribution in [2.24, 2.45) is 13.0 Å². The van der Waals surface area contributed by atoms with Gasteiger partial charge in [-0.1, -0.05) is 6.07 Å². The summed E-state index contributed by atoms with van der Waals surface area (Å²) >= 11 is 0. The van der Waals surface area contributed by atoms with E-state index in [0.717, 1.165) is 65.6 Å². The predicted octanol–water partition coefficient (Wildman–Crippen LogP) is 3.82. The molecule has 0 bridgehead atoms. The Labute approximate surface area is 211 Å². The lowest BCUT2D eigenvalue weighted by Crippen LogP contribution is -2.31. The summed E-state index contributed by atoms with van der Waals surface area (Å²) in [5.74, 6) is 0.224. The fourth-order valence-electron chi connectivity index (χ4n) is 5.23. The Morgan fingerprint density at radius 2 is 2.06 bits per heavy atom. The van der Waals surface area contributed by atoms with Gasteiger partial charge in [-0.25, -0.2) is 13.5 Å². The van der Waals surface area contributed by atoms with Crippen molar-refractivity contribution in [3.8, 4) is 11.1 Å². The van der Waals surface area contributed by atoms with Gasteiger partial charge in [-0.05, 0) is 85.4 Å². The summed E-state index contributed by atoms with van der Waals surface area (Å²) in [6.07, 6.45) is 7.86. The lowest BCUT2D eigenvalue weighted by atomic mass is 9.93. The van der Waals surface area contributed by atoms with Gasteiger partial charge in [0.1, 0.15) is 0 Å². The van der Waals surface area contributed by atoms with Gasteiger partial charge in [0.05, 0.1) is 23.0 Å². The summed E-state index contributed by atoms with van der Waals surface area (Å²) in [4.78, 5) is 13.1. The highest BCUT2D eigenvalue weighted by atomic mass is 32.2. The Morgan fingerprint density at radius 1 is 1.22 bits per heavy atom. The van der Waals surface area contributed by atoms with Crippen molar-refractivity contribution < 1.29 is 14.1 Å².